The molecule has 20 heavy (non-hydrogen) atoms. The van der Waals surface area contributed by atoms with Gasteiger partial charge in [-0.15, -0.1) is 0 Å². The van der Waals surface area contributed by atoms with Gasteiger partial charge in [0.15, 0.2) is 0 Å². The summed E-state index contributed by atoms with van der Waals surface area (Å²) >= 11 is 0. The number of hydrogen-bond donors (Lipinski definition) is 1. The van der Waals surface area contributed by atoms with E-state index in [1.54, 1.807) is 7.11 Å². The van der Waals surface area contributed by atoms with Crippen LogP contribution in [0.25, 0.3) is 0 Å². The molecule has 0 atom stereocenters. The van der Waals surface area contributed by atoms with Crippen LogP contribution >= 0.6 is 0 Å². The second-order valence-electron chi connectivity index (χ2n) is 6.35. The van der Waals surface area contributed by atoms with Gasteiger partial charge in [-0.25, -0.2) is 0 Å². The minimum Gasteiger partial charge on any atom is -0.384 e. The van der Waals surface area contributed by atoms with E-state index in [0.29, 0.717) is 6.04 Å². The van der Waals surface area contributed by atoms with Gasteiger partial charge in [0, 0.05) is 31.3 Å². The number of amides is 1. The van der Waals surface area contributed by atoms with Crippen LogP contribution < -0.4 is 5.32 Å². The molecule has 0 unspecified atom stereocenters. The molecule has 4 nitrogen and oxygen atoms in total. The highest BCUT2D eigenvalue weighted by atomic mass is 16.5. The fourth-order valence-corrected chi connectivity index (χ4v) is 3.42. The molecule has 2 aliphatic carbocycles. The summed E-state index contributed by atoms with van der Waals surface area (Å²) in [6, 6.07) is 4.43. The number of carbonyl (C=O) groups is 1. The Morgan fingerprint density at radius 3 is 2.85 bits per heavy atom. The molecule has 2 saturated carbocycles. The summed E-state index contributed by atoms with van der Waals surface area (Å²) in [5.41, 5.74) is 0.958. The third-order valence-corrected chi connectivity index (χ3v) is 4.69. The van der Waals surface area contributed by atoms with E-state index in [1.165, 1.54) is 25.7 Å². The number of nitrogens with one attached hydrogen (secondary N) is 1. The summed E-state index contributed by atoms with van der Waals surface area (Å²) in [7, 11) is 1.75. The molecule has 110 valence electrons. The standard InChI is InChI=1S/C16H24N2O2/c1-20-12-16(8-2-3-9-16)11-17-15(19)14-5-4-10-18(14)13-6-7-13/h4-5,10,13H,2-3,6-9,11-12H2,1H3,(H,17,19). The van der Waals surface area contributed by atoms with Crippen LogP contribution in [0.4, 0.5) is 0 Å². The van der Waals surface area contributed by atoms with Crippen molar-refractivity contribution in [2.45, 2.75) is 44.6 Å². The molecule has 0 aromatic carbocycles. The normalized spacial score (nSPS) is 21.1. The monoisotopic (exact) mass is 276 g/mol. The molecule has 0 aliphatic heterocycles. The molecule has 0 radical (unpaired) electrons. The van der Waals surface area contributed by atoms with E-state index in [0.717, 1.165) is 31.7 Å². The maximum Gasteiger partial charge on any atom is 0.267 e. The van der Waals surface area contributed by atoms with Gasteiger partial charge < -0.3 is 14.6 Å². The van der Waals surface area contributed by atoms with Gasteiger partial charge in [0.1, 0.15) is 5.69 Å². The Hall–Kier alpha value is -1.29. The van der Waals surface area contributed by atoms with Crippen LogP contribution in [-0.2, 0) is 4.74 Å². The van der Waals surface area contributed by atoms with Crippen molar-refractivity contribution in [3.05, 3.63) is 24.0 Å². The summed E-state index contributed by atoms with van der Waals surface area (Å²) < 4.78 is 7.49. The van der Waals surface area contributed by atoms with Crippen LogP contribution in [0.15, 0.2) is 18.3 Å². The van der Waals surface area contributed by atoms with Crippen molar-refractivity contribution in [3.63, 3.8) is 0 Å². The van der Waals surface area contributed by atoms with Crippen molar-refractivity contribution in [3.8, 4) is 0 Å². The van der Waals surface area contributed by atoms with E-state index in [-0.39, 0.29) is 11.3 Å². The lowest BCUT2D eigenvalue weighted by molar-refractivity contribution is 0.0736. The molecule has 0 bridgehead atoms. The van der Waals surface area contributed by atoms with Crippen LogP contribution in [0, 0.1) is 5.41 Å². The molecule has 1 heterocycles. The molecule has 1 aromatic heterocycles. The maximum absolute atomic E-state index is 12.4. The number of hydrogen-bond acceptors (Lipinski definition) is 2. The zero-order chi connectivity index (χ0) is 14.0. The van der Waals surface area contributed by atoms with E-state index in [2.05, 4.69) is 9.88 Å². The van der Waals surface area contributed by atoms with Gasteiger partial charge >= 0.3 is 0 Å². The number of carbonyl (C=O) groups excluding carboxylic acids is 1. The van der Waals surface area contributed by atoms with Gasteiger partial charge in [-0.1, -0.05) is 12.8 Å². The van der Waals surface area contributed by atoms with Crippen molar-refractivity contribution in [2.24, 2.45) is 5.41 Å². The first-order valence-electron chi connectivity index (χ1n) is 7.68. The first-order valence-corrected chi connectivity index (χ1v) is 7.68. The lowest BCUT2D eigenvalue weighted by Gasteiger charge is -2.28. The van der Waals surface area contributed by atoms with Crippen LogP contribution in [0.1, 0.15) is 55.1 Å². The van der Waals surface area contributed by atoms with E-state index in [1.807, 2.05) is 18.3 Å². The first-order chi connectivity index (χ1) is 9.74. The Bertz CT molecular complexity index is 471. The molecule has 0 spiro atoms. The Labute approximate surface area is 120 Å². The fourth-order valence-electron chi connectivity index (χ4n) is 3.42. The van der Waals surface area contributed by atoms with Crippen molar-refractivity contribution >= 4 is 5.91 Å². The summed E-state index contributed by atoms with van der Waals surface area (Å²) in [4.78, 5) is 12.4. The van der Waals surface area contributed by atoms with Crippen molar-refractivity contribution < 1.29 is 9.53 Å². The van der Waals surface area contributed by atoms with E-state index >= 15 is 0 Å². The second kappa shape index (κ2) is 5.60. The largest absolute Gasteiger partial charge is 0.384 e. The highest BCUT2D eigenvalue weighted by Crippen LogP contribution is 2.38. The molecule has 3 rings (SSSR count). The second-order valence-corrected chi connectivity index (χ2v) is 6.35. The van der Waals surface area contributed by atoms with Gasteiger partial charge in [-0.05, 0) is 37.8 Å². The Morgan fingerprint density at radius 1 is 1.45 bits per heavy atom. The van der Waals surface area contributed by atoms with E-state index < -0.39 is 0 Å². The van der Waals surface area contributed by atoms with Crippen molar-refractivity contribution in [1.82, 2.24) is 9.88 Å². The van der Waals surface area contributed by atoms with Crippen molar-refractivity contribution in [2.75, 3.05) is 20.3 Å². The predicted molar refractivity (Wildman–Crippen MR) is 77.8 cm³/mol. The number of aromatic nitrogens is 1. The van der Waals surface area contributed by atoms with Crippen LogP contribution in [0.5, 0.6) is 0 Å². The smallest absolute Gasteiger partial charge is 0.267 e. The summed E-state index contributed by atoms with van der Waals surface area (Å²) in [5.74, 6) is 0.0595. The van der Waals surface area contributed by atoms with Gasteiger partial charge in [0.25, 0.3) is 5.91 Å². The first kappa shape index (κ1) is 13.7. The zero-order valence-electron chi connectivity index (χ0n) is 12.2. The molecular weight excluding hydrogens is 252 g/mol. The lowest BCUT2D eigenvalue weighted by Crippen LogP contribution is -2.39. The quantitative estimate of drug-likeness (QED) is 0.868. The van der Waals surface area contributed by atoms with Crippen LogP contribution in [0.2, 0.25) is 0 Å². The fraction of sp³-hybridized carbons (Fsp3) is 0.688. The highest BCUT2D eigenvalue weighted by Gasteiger charge is 2.34. The third kappa shape index (κ3) is 2.75. The van der Waals surface area contributed by atoms with Gasteiger partial charge in [0.2, 0.25) is 0 Å². The molecule has 4 heteroatoms. The third-order valence-electron chi connectivity index (χ3n) is 4.69. The Kier molecular flexibility index (Phi) is 3.83. The van der Waals surface area contributed by atoms with E-state index in [9.17, 15) is 4.79 Å². The minimum absolute atomic E-state index is 0.0595. The molecule has 0 saturated heterocycles. The van der Waals surface area contributed by atoms with Crippen LogP contribution in [0.3, 0.4) is 0 Å². The molecule has 1 amide bonds. The topological polar surface area (TPSA) is 43.3 Å². The number of ether oxygens (including phenoxy) is 1. The molecule has 2 aliphatic rings. The summed E-state index contributed by atoms with van der Waals surface area (Å²) in [6.07, 6.45) is 9.23. The lowest BCUT2D eigenvalue weighted by atomic mass is 9.87. The molecular formula is C16H24N2O2. The van der Waals surface area contributed by atoms with E-state index in [4.69, 9.17) is 4.74 Å². The summed E-state index contributed by atoms with van der Waals surface area (Å²) in [6.45, 7) is 1.48. The summed E-state index contributed by atoms with van der Waals surface area (Å²) in [5, 5.41) is 3.14. The van der Waals surface area contributed by atoms with Crippen molar-refractivity contribution in [1.29, 1.82) is 0 Å². The van der Waals surface area contributed by atoms with Crippen LogP contribution in [-0.4, -0.2) is 30.7 Å². The Morgan fingerprint density at radius 2 is 2.20 bits per heavy atom. The minimum atomic E-state index is 0.0595. The Balaban J connectivity index is 1.62. The molecule has 1 N–H and O–H groups in total. The van der Waals surface area contributed by atoms with Gasteiger partial charge in [-0.3, -0.25) is 4.79 Å². The predicted octanol–water partition coefficient (Wildman–Crippen LogP) is 2.76. The maximum atomic E-state index is 12.4. The highest BCUT2D eigenvalue weighted by molar-refractivity contribution is 5.92. The molecule has 2 fully saturated rings. The van der Waals surface area contributed by atoms with Gasteiger partial charge in [-0.2, -0.15) is 0 Å². The molecule has 1 aromatic rings. The SMILES string of the molecule is COCC1(CNC(=O)c2cccn2C2CC2)CCCC1. The average Bonchev–Trinajstić information content (AvgIpc) is 3.00. The van der Waals surface area contributed by atoms with Gasteiger partial charge in [0.05, 0.1) is 6.61 Å². The zero-order valence-corrected chi connectivity index (χ0v) is 12.2. The number of rotatable bonds is 6. The number of nitrogens with zero attached hydrogens (tertiary/aromatic N) is 1. The average molecular weight is 276 g/mol. The number of methoxy groups -OCH3 is 1.